The van der Waals surface area contributed by atoms with Crippen molar-refractivity contribution in [2.24, 2.45) is 0 Å². The van der Waals surface area contributed by atoms with Crippen LogP contribution in [0.2, 0.25) is 0 Å². The molecule has 1 amide bonds. The van der Waals surface area contributed by atoms with Gasteiger partial charge in [-0.25, -0.2) is 27.5 Å². The molecule has 5 rings (SSSR count). The number of aromatic hydroxyl groups is 1. The molecule has 0 unspecified atom stereocenters. The number of carbonyl (C=O) groups excluding carboxylic acids is 1. The van der Waals surface area contributed by atoms with Crippen LogP contribution < -0.4 is 4.90 Å². The van der Waals surface area contributed by atoms with Gasteiger partial charge in [-0.15, -0.1) is 0 Å². The number of anilines is 1. The maximum absolute atomic E-state index is 14.5. The molecule has 0 spiro atoms. The van der Waals surface area contributed by atoms with Gasteiger partial charge in [-0.2, -0.15) is 0 Å². The lowest BCUT2D eigenvalue weighted by molar-refractivity contribution is -0.117. The first-order valence-electron chi connectivity index (χ1n) is 12.5. The number of rotatable bonds is 5. The van der Waals surface area contributed by atoms with Crippen molar-refractivity contribution in [2.45, 2.75) is 40.0 Å². The number of aromatic nitrogens is 2. The lowest BCUT2D eigenvalue weighted by atomic mass is 10.0. The van der Waals surface area contributed by atoms with Gasteiger partial charge >= 0.3 is 0 Å². The molecule has 0 aliphatic heterocycles. The number of hydrogen-bond donors (Lipinski definition) is 1. The average molecular weight is 538 g/mol. The van der Waals surface area contributed by atoms with Crippen LogP contribution in [0.4, 0.5) is 23.4 Å². The molecule has 9 heteroatoms. The fourth-order valence-corrected chi connectivity index (χ4v) is 4.53. The highest BCUT2D eigenvalue weighted by atomic mass is 19.2. The number of amides is 1. The molecule has 39 heavy (non-hydrogen) atoms. The Balaban J connectivity index is 0.00000172. The first kappa shape index (κ1) is 27.8. The van der Waals surface area contributed by atoms with Crippen molar-refractivity contribution in [1.29, 1.82) is 0 Å². The summed E-state index contributed by atoms with van der Waals surface area (Å²) < 4.78 is 56.0. The van der Waals surface area contributed by atoms with Gasteiger partial charge in [0.2, 0.25) is 5.91 Å². The molecule has 5 nitrogen and oxygen atoms in total. The summed E-state index contributed by atoms with van der Waals surface area (Å²) in [4.78, 5) is 23.9. The lowest BCUT2D eigenvalue weighted by Gasteiger charge is -2.21. The number of benzene rings is 3. The molecule has 0 bridgehead atoms. The van der Waals surface area contributed by atoms with Crippen molar-refractivity contribution in [3.8, 4) is 17.0 Å². The topological polar surface area (TPSA) is 66.3 Å². The predicted molar refractivity (Wildman–Crippen MR) is 141 cm³/mol. The summed E-state index contributed by atoms with van der Waals surface area (Å²) in [6.45, 7) is 5.09. The van der Waals surface area contributed by atoms with E-state index in [2.05, 4.69) is 0 Å². The molecule has 1 N–H and O–H groups in total. The Morgan fingerprint density at radius 3 is 2.31 bits per heavy atom. The first-order valence-corrected chi connectivity index (χ1v) is 12.5. The van der Waals surface area contributed by atoms with Crippen molar-refractivity contribution in [2.75, 3.05) is 11.9 Å². The molecule has 0 fully saturated rings. The van der Waals surface area contributed by atoms with Gasteiger partial charge in [0.05, 0.1) is 23.5 Å². The molecule has 0 saturated carbocycles. The van der Waals surface area contributed by atoms with Gasteiger partial charge in [-0.1, -0.05) is 44.2 Å². The quantitative estimate of drug-likeness (QED) is 0.159. The SMILES string of the molecule is CC.Cc1c(F)c(F)c(F)c(F)c1CC(=O)N(C)c1nc2c(nc1Cc1ccccc1)-c1ccc(O)cc1C2. The van der Waals surface area contributed by atoms with E-state index in [0.29, 0.717) is 29.9 Å². The molecule has 0 atom stereocenters. The van der Waals surface area contributed by atoms with E-state index in [1.54, 1.807) is 18.2 Å². The minimum absolute atomic E-state index is 0.111. The van der Waals surface area contributed by atoms with Crippen LogP contribution in [0.5, 0.6) is 5.75 Å². The smallest absolute Gasteiger partial charge is 0.232 e. The summed E-state index contributed by atoms with van der Waals surface area (Å²) in [6.07, 6.45) is 0.00342. The van der Waals surface area contributed by atoms with Crippen LogP contribution in [0.25, 0.3) is 11.3 Å². The Bertz CT molecular complexity index is 1530. The Hall–Kier alpha value is -4.27. The highest BCUT2D eigenvalue weighted by molar-refractivity contribution is 5.94. The van der Waals surface area contributed by atoms with Crippen LogP contribution in [0.15, 0.2) is 48.5 Å². The minimum atomic E-state index is -1.96. The fourth-order valence-electron chi connectivity index (χ4n) is 4.53. The van der Waals surface area contributed by atoms with E-state index in [1.807, 2.05) is 44.2 Å². The van der Waals surface area contributed by atoms with Crippen molar-refractivity contribution in [1.82, 2.24) is 9.97 Å². The minimum Gasteiger partial charge on any atom is -0.508 e. The zero-order valence-electron chi connectivity index (χ0n) is 21.9. The molecule has 1 aliphatic carbocycles. The van der Waals surface area contributed by atoms with E-state index in [-0.39, 0.29) is 11.6 Å². The summed E-state index contributed by atoms with van der Waals surface area (Å²) in [7, 11) is 1.42. The van der Waals surface area contributed by atoms with E-state index < -0.39 is 46.7 Å². The Morgan fingerprint density at radius 1 is 0.949 bits per heavy atom. The van der Waals surface area contributed by atoms with Crippen LogP contribution in [0, 0.1) is 30.2 Å². The van der Waals surface area contributed by atoms with E-state index >= 15 is 0 Å². The zero-order chi connectivity index (χ0) is 28.4. The van der Waals surface area contributed by atoms with Crippen LogP contribution >= 0.6 is 0 Å². The Kier molecular flexibility index (Phi) is 7.99. The van der Waals surface area contributed by atoms with Crippen molar-refractivity contribution in [3.05, 3.63) is 105 Å². The Labute approximate surface area is 223 Å². The van der Waals surface area contributed by atoms with Crippen molar-refractivity contribution in [3.63, 3.8) is 0 Å². The van der Waals surface area contributed by atoms with Crippen molar-refractivity contribution >= 4 is 11.7 Å². The number of phenolic OH excluding ortho intramolecular Hbond substituents is 1. The number of carbonyl (C=O) groups is 1. The van der Waals surface area contributed by atoms with Crippen LogP contribution in [0.3, 0.4) is 0 Å². The number of phenols is 1. The fraction of sp³-hybridized carbons (Fsp3) is 0.233. The zero-order valence-corrected chi connectivity index (χ0v) is 21.9. The van der Waals surface area contributed by atoms with Gasteiger partial charge in [0, 0.05) is 31.0 Å². The third-order valence-corrected chi connectivity index (χ3v) is 6.58. The highest BCUT2D eigenvalue weighted by Gasteiger charge is 2.29. The second-order valence-corrected chi connectivity index (χ2v) is 8.96. The standard InChI is InChI=1S/C28H21F4N3O2.C2H6/c1-14-19(24(30)26(32)25(31)23(14)29)13-22(37)35(2)28-21(10-15-6-4-3-5-7-15)33-27-18-9-8-17(36)11-16(18)12-20(27)34-28;1-2/h3-9,11,36H,10,12-13H2,1-2H3;1-2H3. The summed E-state index contributed by atoms with van der Waals surface area (Å²) in [5.41, 5.74) is 3.23. The average Bonchev–Trinajstić information content (AvgIpc) is 3.30. The van der Waals surface area contributed by atoms with Gasteiger partial charge < -0.3 is 5.11 Å². The van der Waals surface area contributed by atoms with Gasteiger partial charge in [0.25, 0.3) is 0 Å². The molecular weight excluding hydrogens is 510 g/mol. The van der Waals surface area contributed by atoms with Crippen LogP contribution in [0.1, 0.15) is 47.5 Å². The third kappa shape index (κ3) is 5.21. The lowest BCUT2D eigenvalue weighted by Crippen LogP contribution is -2.31. The van der Waals surface area contributed by atoms with Gasteiger partial charge in [-0.3, -0.25) is 9.69 Å². The van der Waals surface area contributed by atoms with Gasteiger partial charge in [-0.05, 0) is 41.8 Å². The first-order chi connectivity index (χ1) is 18.7. The number of halogens is 4. The monoisotopic (exact) mass is 537 g/mol. The molecular formula is C30H27F4N3O2. The molecule has 4 aromatic rings. The van der Waals surface area contributed by atoms with E-state index in [0.717, 1.165) is 23.6 Å². The summed E-state index contributed by atoms with van der Waals surface area (Å²) >= 11 is 0. The molecule has 3 aromatic carbocycles. The summed E-state index contributed by atoms with van der Waals surface area (Å²) in [5, 5.41) is 9.88. The Morgan fingerprint density at radius 2 is 1.62 bits per heavy atom. The molecule has 0 saturated heterocycles. The third-order valence-electron chi connectivity index (χ3n) is 6.58. The van der Waals surface area contributed by atoms with E-state index in [4.69, 9.17) is 9.97 Å². The number of nitrogens with zero attached hydrogens (tertiary/aromatic N) is 3. The molecule has 202 valence electrons. The van der Waals surface area contributed by atoms with E-state index in [9.17, 15) is 27.5 Å². The molecule has 1 heterocycles. The summed E-state index contributed by atoms with van der Waals surface area (Å²) in [6, 6.07) is 14.4. The number of fused-ring (bicyclic) bond motifs is 3. The highest BCUT2D eigenvalue weighted by Crippen LogP contribution is 2.38. The normalized spacial score (nSPS) is 11.4. The van der Waals surface area contributed by atoms with Crippen LogP contribution in [-0.4, -0.2) is 28.0 Å². The maximum Gasteiger partial charge on any atom is 0.232 e. The van der Waals surface area contributed by atoms with E-state index in [1.165, 1.54) is 11.9 Å². The van der Waals surface area contributed by atoms with Crippen LogP contribution in [-0.2, 0) is 24.1 Å². The molecule has 0 radical (unpaired) electrons. The number of likely N-dealkylation sites (N-methyl/N-ethyl adjacent to an activating group) is 1. The summed E-state index contributed by atoms with van der Waals surface area (Å²) in [5.74, 6) is -7.39. The van der Waals surface area contributed by atoms with Gasteiger partial charge in [0.1, 0.15) is 5.75 Å². The predicted octanol–water partition coefficient (Wildman–Crippen LogP) is 6.44. The number of hydrogen-bond acceptors (Lipinski definition) is 4. The molecule has 1 aliphatic rings. The molecule has 1 aromatic heterocycles. The second-order valence-electron chi connectivity index (χ2n) is 8.96. The largest absolute Gasteiger partial charge is 0.508 e. The van der Waals surface area contributed by atoms with Gasteiger partial charge in [0.15, 0.2) is 29.1 Å². The second kappa shape index (κ2) is 11.2. The maximum atomic E-state index is 14.5. The van der Waals surface area contributed by atoms with Crippen molar-refractivity contribution < 1.29 is 27.5 Å².